The number of nitrogens with zero attached hydrogens (tertiary/aromatic N) is 1. The summed E-state index contributed by atoms with van der Waals surface area (Å²) in [5.74, 6) is 0. The average Bonchev–Trinajstić information content (AvgIpc) is 3.10. The standard InChI is InChI=1S/C14H16BrN3O2S/c15-10-5-6-11(16)14(9-10)21(19,20)18-8-2-4-13(18)12-3-1-7-17-12/h1,3,5-7,9,13,17H,2,4,8,16H2. The van der Waals surface area contributed by atoms with Crippen LogP contribution < -0.4 is 5.73 Å². The molecule has 1 aliphatic heterocycles. The Balaban J connectivity index is 2.03. The van der Waals surface area contributed by atoms with Gasteiger partial charge in [-0.1, -0.05) is 15.9 Å². The normalized spacial score (nSPS) is 20.0. The van der Waals surface area contributed by atoms with Crippen LogP contribution in [0.3, 0.4) is 0 Å². The zero-order valence-corrected chi connectivity index (χ0v) is 13.7. The van der Waals surface area contributed by atoms with E-state index in [9.17, 15) is 8.42 Å². The lowest BCUT2D eigenvalue weighted by Crippen LogP contribution is -2.31. The first kappa shape index (κ1) is 14.6. The van der Waals surface area contributed by atoms with E-state index < -0.39 is 10.0 Å². The summed E-state index contributed by atoms with van der Waals surface area (Å²) >= 11 is 3.31. The summed E-state index contributed by atoms with van der Waals surface area (Å²) in [6.45, 7) is 0.512. The van der Waals surface area contributed by atoms with E-state index in [-0.39, 0.29) is 16.6 Å². The monoisotopic (exact) mass is 369 g/mol. The fourth-order valence-electron chi connectivity index (χ4n) is 2.75. The molecule has 0 spiro atoms. The Kier molecular flexibility index (Phi) is 3.81. The maximum atomic E-state index is 12.9. The van der Waals surface area contributed by atoms with Crippen LogP contribution in [0.15, 0.2) is 45.9 Å². The molecule has 1 aromatic carbocycles. The van der Waals surface area contributed by atoms with Gasteiger partial charge in [0.15, 0.2) is 0 Å². The maximum Gasteiger partial charge on any atom is 0.245 e. The molecule has 1 saturated heterocycles. The molecule has 7 heteroatoms. The molecule has 1 atom stereocenters. The molecule has 2 aromatic rings. The number of anilines is 1. The summed E-state index contributed by atoms with van der Waals surface area (Å²) in [6.07, 6.45) is 3.47. The van der Waals surface area contributed by atoms with E-state index in [4.69, 9.17) is 5.73 Å². The van der Waals surface area contributed by atoms with Crippen LogP contribution in [-0.2, 0) is 10.0 Å². The number of aromatic nitrogens is 1. The largest absolute Gasteiger partial charge is 0.398 e. The Morgan fingerprint density at radius 3 is 2.86 bits per heavy atom. The summed E-state index contributed by atoms with van der Waals surface area (Å²) in [5.41, 5.74) is 7.07. The first-order valence-electron chi connectivity index (χ1n) is 6.70. The lowest BCUT2D eigenvalue weighted by Gasteiger charge is -2.24. The Morgan fingerprint density at radius 2 is 2.14 bits per heavy atom. The molecule has 0 bridgehead atoms. The third kappa shape index (κ3) is 2.61. The van der Waals surface area contributed by atoms with Crippen molar-refractivity contribution in [1.82, 2.24) is 9.29 Å². The van der Waals surface area contributed by atoms with Crippen LogP contribution in [0, 0.1) is 0 Å². The van der Waals surface area contributed by atoms with Gasteiger partial charge in [0.1, 0.15) is 4.90 Å². The predicted molar refractivity (Wildman–Crippen MR) is 85.2 cm³/mol. The van der Waals surface area contributed by atoms with Gasteiger partial charge in [-0.3, -0.25) is 0 Å². The number of nitrogens with two attached hydrogens (primary N) is 1. The number of benzene rings is 1. The Morgan fingerprint density at radius 1 is 1.33 bits per heavy atom. The second-order valence-electron chi connectivity index (χ2n) is 5.08. The summed E-state index contributed by atoms with van der Waals surface area (Å²) in [6, 6.07) is 8.56. The number of hydrogen-bond acceptors (Lipinski definition) is 3. The van der Waals surface area contributed by atoms with E-state index in [1.165, 1.54) is 4.31 Å². The molecule has 1 fully saturated rings. The van der Waals surface area contributed by atoms with E-state index in [2.05, 4.69) is 20.9 Å². The van der Waals surface area contributed by atoms with Gasteiger partial charge in [0.25, 0.3) is 0 Å². The maximum absolute atomic E-state index is 12.9. The zero-order chi connectivity index (χ0) is 15.0. The number of hydrogen-bond donors (Lipinski definition) is 2. The number of rotatable bonds is 3. The lowest BCUT2D eigenvalue weighted by molar-refractivity contribution is 0.391. The van der Waals surface area contributed by atoms with Crippen LogP contribution in [-0.4, -0.2) is 24.3 Å². The van der Waals surface area contributed by atoms with Crippen molar-refractivity contribution in [2.75, 3.05) is 12.3 Å². The molecular weight excluding hydrogens is 354 g/mol. The molecule has 1 aromatic heterocycles. The second kappa shape index (κ2) is 5.47. The van der Waals surface area contributed by atoms with E-state index in [1.807, 2.05) is 18.3 Å². The number of H-pyrrole nitrogens is 1. The van der Waals surface area contributed by atoms with E-state index >= 15 is 0 Å². The molecule has 112 valence electrons. The third-order valence-corrected chi connectivity index (χ3v) is 6.20. The number of nitrogens with one attached hydrogen (secondary N) is 1. The van der Waals surface area contributed by atoms with Gasteiger partial charge in [0, 0.05) is 22.9 Å². The van der Waals surface area contributed by atoms with Crippen molar-refractivity contribution in [2.45, 2.75) is 23.8 Å². The molecule has 3 rings (SSSR count). The van der Waals surface area contributed by atoms with Crippen molar-refractivity contribution in [3.8, 4) is 0 Å². The summed E-state index contributed by atoms with van der Waals surface area (Å²) in [7, 11) is -3.61. The quantitative estimate of drug-likeness (QED) is 0.816. The van der Waals surface area contributed by atoms with E-state index in [0.29, 0.717) is 11.0 Å². The van der Waals surface area contributed by atoms with Crippen LogP contribution in [0.1, 0.15) is 24.6 Å². The van der Waals surface area contributed by atoms with Gasteiger partial charge >= 0.3 is 0 Å². The fourth-order valence-corrected chi connectivity index (χ4v) is 5.08. The minimum atomic E-state index is -3.61. The molecule has 0 saturated carbocycles. The minimum Gasteiger partial charge on any atom is -0.398 e. The SMILES string of the molecule is Nc1ccc(Br)cc1S(=O)(=O)N1CCCC1c1ccc[nH]1. The molecule has 0 radical (unpaired) electrons. The van der Waals surface area contributed by atoms with Gasteiger partial charge in [-0.15, -0.1) is 0 Å². The van der Waals surface area contributed by atoms with Gasteiger partial charge in [-0.25, -0.2) is 8.42 Å². The fraction of sp³-hybridized carbons (Fsp3) is 0.286. The molecule has 0 aliphatic carbocycles. The third-order valence-electron chi connectivity index (χ3n) is 3.75. The van der Waals surface area contributed by atoms with Crippen LogP contribution in [0.4, 0.5) is 5.69 Å². The second-order valence-corrected chi connectivity index (χ2v) is 7.86. The van der Waals surface area contributed by atoms with Crippen molar-refractivity contribution >= 4 is 31.6 Å². The van der Waals surface area contributed by atoms with Crippen LogP contribution >= 0.6 is 15.9 Å². The highest BCUT2D eigenvalue weighted by Gasteiger charge is 2.37. The topological polar surface area (TPSA) is 79.2 Å². The van der Waals surface area contributed by atoms with Crippen LogP contribution in [0.25, 0.3) is 0 Å². The number of nitrogen functional groups attached to an aromatic ring is 1. The van der Waals surface area contributed by atoms with E-state index in [1.54, 1.807) is 18.2 Å². The molecule has 5 nitrogen and oxygen atoms in total. The Hall–Kier alpha value is -1.31. The molecule has 21 heavy (non-hydrogen) atoms. The van der Waals surface area contributed by atoms with Crippen molar-refractivity contribution < 1.29 is 8.42 Å². The molecule has 1 unspecified atom stereocenters. The lowest BCUT2D eigenvalue weighted by atomic mass is 10.2. The van der Waals surface area contributed by atoms with Gasteiger partial charge in [-0.05, 0) is 43.2 Å². The molecule has 1 aliphatic rings. The van der Waals surface area contributed by atoms with Gasteiger partial charge in [0.05, 0.1) is 11.7 Å². The van der Waals surface area contributed by atoms with Crippen LogP contribution in [0.2, 0.25) is 0 Å². The predicted octanol–water partition coefficient (Wildman–Crippen LogP) is 2.89. The van der Waals surface area contributed by atoms with E-state index in [0.717, 1.165) is 18.5 Å². The molecule has 3 N–H and O–H groups in total. The van der Waals surface area contributed by atoms with Gasteiger partial charge in [0.2, 0.25) is 10.0 Å². The van der Waals surface area contributed by atoms with Crippen molar-refractivity contribution in [2.24, 2.45) is 0 Å². The number of halogens is 1. The van der Waals surface area contributed by atoms with Crippen molar-refractivity contribution in [1.29, 1.82) is 0 Å². The Bertz CT molecular complexity index is 744. The molecule has 0 amide bonds. The highest BCUT2D eigenvalue weighted by atomic mass is 79.9. The molecular formula is C14H16BrN3O2S. The van der Waals surface area contributed by atoms with Crippen LogP contribution in [0.5, 0.6) is 0 Å². The highest BCUT2D eigenvalue weighted by molar-refractivity contribution is 9.10. The van der Waals surface area contributed by atoms with Crippen molar-refractivity contribution in [3.05, 3.63) is 46.7 Å². The smallest absolute Gasteiger partial charge is 0.245 e. The van der Waals surface area contributed by atoms with Crippen molar-refractivity contribution in [3.63, 3.8) is 0 Å². The van der Waals surface area contributed by atoms with Gasteiger partial charge < -0.3 is 10.7 Å². The number of aromatic amines is 1. The summed E-state index contributed by atoms with van der Waals surface area (Å²) < 4.78 is 28.1. The summed E-state index contributed by atoms with van der Waals surface area (Å²) in [5, 5.41) is 0. The highest BCUT2D eigenvalue weighted by Crippen LogP contribution is 2.37. The Labute approximate surface area is 132 Å². The zero-order valence-electron chi connectivity index (χ0n) is 11.3. The van der Waals surface area contributed by atoms with Gasteiger partial charge in [-0.2, -0.15) is 4.31 Å². The average molecular weight is 370 g/mol. The first-order chi connectivity index (χ1) is 10.00. The molecule has 2 heterocycles. The minimum absolute atomic E-state index is 0.150. The number of sulfonamides is 1. The summed E-state index contributed by atoms with van der Waals surface area (Å²) in [4.78, 5) is 3.27. The first-order valence-corrected chi connectivity index (χ1v) is 8.93.